The van der Waals surface area contributed by atoms with Gasteiger partial charge in [-0.05, 0) is 60.8 Å². The van der Waals surface area contributed by atoms with Crippen molar-refractivity contribution in [1.29, 1.82) is 0 Å². The van der Waals surface area contributed by atoms with Gasteiger partial charge in [0.25, 0.3) is 11.8 Å². The van der Waals surface area contributed by atoms with Crippen LogP contribution in [0.3, 0.4) is 0 Å². The van der Waals surface area contributed by atoms with Gasteiger partial charge in [-0.2, -0.15) is 0 Å². The van der Waals surface area contributed by atoms with Crippen LogP contribution in [0, 0.1) is 5.82 Å². The summed E-state index contributed by atoms with van der Waals surface area (Å²) in [6.45, 7) is 0. The van der Waals surface area contributed by atoms with Gasteiger partial charge in [-0.15, -0.1) is 0 Å². The lowest BCUT2D eigenvalue weighted by Crippen LogP contribution is -2.54. The number of furan rings is 1. The number of thiocarbonyl (C=S) groups is 1. The molecule has 0 atom stereocenters. The number of carboxylic acids is 1. The molecule has 1 aliphatic rings. The molecule has 1 fully saturated rings. The van der Waals surface area contributed by atoms with Gasteiger partial charge in [0.2, 0.25) is 0 Å². The molecule has 0 spiro atoms. The van der Waals surface area contributed by atoms with Crippen LogP contribution >= 0.6 is 12.2 Å². The summed E-state index contributed by atoms with van der Waals surface area (Å²) in [7, 11) is 0. The van der Waals surface area contributed by atoms with Crippen molar-refractivity contribution in [2.75, 3.05) is 4.90 Å². The maximum Gasteiger partial charge on any atom is 0.335 e. The van der Waals surface area contributed by atoms with E-state index in [4.69, 9.17) is 21.7 Å². The van der Waals surface area contributed by atoms with Gasteiger partial charge in [0.05, 0.1) is 11.3 Å². The molecule has 2 amide bonds. The van der Waals surface area contributed by atoms with E-state index in [-0.39, 0.29) is 27.7 Å². The Morgan fingerprint density at radius 1 is 1.10 bits per heavy atom. The molecule has 0 unspecified atom stereocenters. The van der Waals surface area contributed by atoms with Gasteiger partial charge in [0.1, 0.15) is 22.9 Å². The summed E-state index contributed by atoms with van der Waals surface area (Å²) in [5, 5.41) is 11.2. The van der Waals surface area contributed by atoms with Gasteiger partial charge in [-0.1, -0.05) is 18.2 Å². The highest BCUT2D eigenvalue weighted by molar-refractivity contribution is 7.80. The molecule has 2 aromatic carbocycles. The monoisotopic (exact) mass is 436 g/mol. The lowest BCUT2D eigenvalue weighted by Gasteiger charge is -2.28. The van der Waals surface area contributed by atoms with Crippen LogP contribution in [0.25, 0.3) is 17.4 Å². The Morgan fingerprint density at radius 2 is 1.84 bits per heavy atom. The number of nitrogens with zero attached hydrogens (tertiary/aromatic N) is 1. The first kappa shape index (κ1) is 20.2. The molecule has 0 radical (unpaired) electrons. The van der Waals surface area contributed by atoms with E-state index >= 15 is 0 Å². The highest BCUT2D eigenvalue weighted by Crippen LogP contribution is 2.26. The zero-order valence-electron chi connectivity index (χ0n) is 15.7. The average molecular weight is 436 g/mol. The average Bonchev–Trinajstić information content (AvgIpc) is 3.20. The van der Waals surface area contributed by atoms with Crippen LogP contribution < -0.4 is 10.2 Å². The molecule has 2 N–H and O–H groups in total. The lowest BCUT2D eigenvalue weighted by atomic mass is 10.1. The normalized spacial score (nSPS) is 15.3. The number of carbonyl (C=O) groups excluding carboxylic acids is 2. The number of hydrogen-bond acceptors (Lipinski definition) is 5. The third-order valence-corrected chi connectivity index (χ3v) is 4.78. The van der Waals surface area contributed by atoms with Crippen molar-refractivity contribution >= 4 is 46.9 Å². The SMILES string of the molecule is O=C1NC(=S)N(c2cccc(F)c2)C(=O)C1=Cc1ccc(-c2ccc(C(=O)O)cc2)o1. The second-order valence-electron chi connectivity index (χ2n) is 6.52. The van der Waals surface area contributed by atoms with Crippen LogP contribution in [-0.4, -0.2) is 28.0 Å². The fourth-order valence-corrected chi connectivity index (χ4v) is 3.29. The fourth-order valence-electron chi connectivity index (χ4n) is 3.01. The molecule has 31 heavy (non-hydrogen) atoms. The molecule has 1 aliphatic heterocycles. The van der Waals surface area contributed by atoms with Crippen molar-refractivity contribution in [3.05, 3.63) is 83.4 Å². The number of aromatic carboxylic acids is 1. The third-order valence-electron chi connectivity index (χ3n) is 4.50. The molecule has 154 valence electrons. The predicted molar refractivity (Wildman–Crippen MR) is 114 cm³/mol. The molecule has 7 nitrogen and oxygen atoms in total. The third kappa shape index (κ3) is 3.99. The summed E-state index contributed by atoms with van der Waals surface area (Å²) < 4.78 is 19.3. The largest absolute Gasteiger partial charge is 0.478 e. The first-order valence-corrected chi connectivity index (χ1v) is 9.35. The number of carboxylic acid groups (broad SMARTS) is 1. The predicted octanol–water partition coefficient (Wildman–Crippen LogP) is 3.62. The second kappa shape index (κ2) is 7.96. The van der Waals surface area contributed by atoms with E-state index in [1.807, 2.05) is 0 Å². The zero-order chi connectivity index (χ0) is 22.1. The van der Waals surface area contributed by atoms with Gasteiger partial charge in [-0.25, -0.2) is 9.18 Å². The van der Waals surface area contributed by atoms with E-state index in [9.17, 15) is 18.8 Å². The quantitative estimate of drug-likeness (QED) is 0.368. The lowest BCUT2D eigenvalue weighted by molar-refractivity contribution is -0.122. The van der Waals surface area contributed by atoms with E-state index in [0.717, 1.165) is 11.0 Å². The van der Waals surface area contributed by atoms with Crippen molar-refractivity contribution in [3.63, 3.8) is 0 Å². The summed E-state index contributed by atoms with van der Waals surface area (Å²) in [5.74, 6) is -2.37. The molecule has 2 heterocycles. The van der Waals surface area contributed by atoms with E-state index < -0.39 is 23.6 Å². The summed E-state index contributed by atoms with van der Waals surface area (Å²) in [6.07, 6.45) is 1.26. The molecule has 0 saturated carbocycles. The molecule has 0 bridgehead atoms. The van der Waals surface area contributed by atoms with Crippen molar-refractivity contribution in [1.82, 2.24) is 5.32 Å². The van der Waals surface area contributed by atoms with E-state index in [1.54, 1.807) is 24.3 Å². The van der Waals surface area contributed by atoms with Crippen LogP contribution in [0.5, 0.6) is 0 Å². The first-order valence-electron chi connectivity index (χ1n) is 8.94. The van der Waals surface area contributed by atoms with Crippen LogP contribution in [-0.2, 0) is 9.59 Å². The smallest absolute Gasteiger partial charge is 0.335 e. The van der Waals surface area contributed by atoms with Crippen molar-refractivity contribution < 1.29 is 28.3 Å². The van der Waals surface area contributed by atoms with E-state index in [2.05, 4.69) is 5.32 Å². The Balaban J connectivity index is 1.64. The van der Waals surface area contributed by atoms with Crippen LogP contribution in [0.4, 0.5) is 10.1 Å². The molecule has 4 rings (SSSR count). The summed E-state index contributed by atoms with van der Waals surface area (Å²) >= 11 is 5.08. The number of amides is 2. The Labute approximate surface area is 180 Å². The molecular formula is C22H13FN2O5S. The molecule has 3 aromatic rings. The topological polar surface area (TPSA) is 99.9 Å². The van der Waals surface area contributed by atoms with E-state index in [0.29, 0.717) is 11.3 Å². The molecule has 1 saturated heterocycles. The Kier molecular flexibility index (Phi) is 5.18. The number of hydrogen-bond donors (Lipinski definition) is 2. The van der Waals surface area contributed by atoms with Gasteiger partial charge in [0, 0.05) is 5.56 Å². The maximum absolute atomic E-state index is 13.6. The summed E-state index contributed by atoms with van der Waals surface area (Å²) in [4.78, 5) is 37.3. The molecule has 0 aliphatic carbocycles. The van der Waals surface area contributed by atoms with E-state index in [1.165, 1.54) is 36.4 Å². The minimum Gasteiger partial charge on any atom is -0.478 e. The maximum atomic E-state index is 13.6. The van der Waals surface area contributed by atoms with Crippen molar-refractivity contribution in [2.24, 2.45) is 0 Å². The fraction of sp³-hybridized carbons (Fsp3) is 0. The number of halogens is 1. The van der Waals surface area contributed by atoms with Crippen LogP contribution in [0.2, 0.25) is 0 Å². The molecule has 1 aromatic heterocycles. The summed E-state index contributed by atoms with van der Waals surface area (Å²) in [6, 6.07) is 14.5. The number of nitrogens with one attached hydrogen (secondary N) is 1. The Bertz CT molecular complexity index is 1260. The summed E-state index contributed by atoms with van der Waals surface area (Å²) in [5.41, 5.74) is 0.701. The molecular weight excluding hydrogens is 423 g/mol. The second-order valence-corrected chi connectivity index (χ2v) is 6.91. The minimum absolute atomic E-state index is 0.135. The van der Waals surface area contributed by atoms with Gasteiger partial charge in [-0.3, -0.25) is 19.8 Å². The van der Waals surface area contributed by atoms with Crippen molar-refractivity contribution in [2.45, 2.75) is 0 Å². The Morgan fingerprint density at radius 3 is 2.52 bits per heavy atom. The van der Waals surface area contributed by atoms with Crippen LogP contribution in [0.15, 0.2) is 70.7 Å². The van der Waals surface area contributed by atoms with Gasteiger partial charge in [0.15, 0.2) is 5.11 Å². The van der Waals surface area contributed by atoms with Crippen molar-refractivity contribution in [3.8, 4) is 11.3 Å². The first-order chi connectivity index (χ1) is 14.8. The van der Waals surface area contributed by atoms with Gasteiger partial charge < -0.3 is 9.52 Å². The zero-order valence-corrected chi connectivity index (χ0v) is 16.5. The van der Waals surface area contributed by atoms with Gasteiger partial charge >= 0.3 is 5.97 Å². The van der Waals surface area contributed by atoms with Crippen LogP contribution in [0.1, 0.15) is 16.1 Å². The minimum atomic E-state index is -1.04. The molecule has 9 heteroatoms. The highest BCUT2D eigenvalue weighted by atomic mass is 32.1. The standard InChI is InChI=1S/C22H13FN2O5S/c23-14-2-1-3-15(10-14)25-20(27)17(19(26)24-22(25)31)11-16-8-9-18(30-16)12-4-6-13(7-5-12)21(28)29/h1-11H,(H,28,29)(H,24,26,31). The highest BCUT2D eigenvalue weighted by Gasteiger charge is 2.34. The Hall–Kier alpha value is -4.11. The number of carbonyl (C=O) groups is 3. The number of anilines is 1. The number of rotatable bonds is 4. The number of benzene rings is 2.